The van der Waals surface area contributed by atoms with Crippen molar-refractivity contribution in [2.45, 2.75) is 77.9 Å². The van der Waals surface area contributed by atoms with Gasteiger partial charge >= 0.3 is 12.2 Å². The first-order valence-electron chi connectivity index (χ1n) is 22.1. The second-order valence-electron chi connectivity index (χ2n) is 17.3. The van der Waals surface area contributed by atoms with Gasteiger partial charge in [-0.25, -0.2) is 20.1 Å². The van der Waals surface area contributed by atoms with Crippen LogP contribution in [0.1, 0.15) is 75.4 Å². The van der Waals surface area contributed by atoms with E-state index in [1.807, 2.05) is 70.2 Å². The summed E-state index contributed by atoms with van der Waals surface area (Å²) in [6.07, 6.45) is 1.93. The number of nitrogens with two attached hydrogens (primary N) is 1. The van der Waals surface area contributed by atoms with Gasteiger partial charge in [0.1, 0.15) is 30.0 Å². The van der Waals surface area contributed by atoms with E-state index < -0.39 is 30.3 Å². The van der Waals surface area contributed by atoms with Crippen LogP contribution in [0, 0.1) is 11.8 Å². The van der Waals surface area contributed by atoms with Gasteiger partial charge in [-0.15, -0.1) is 0 Å². The molecule has 5 atom stereocenters. The highest BCUT2D eigenvalue weighted by atomic mass is 16.5. The molecule has 5 N–H and O–H groups in total. The molecule has 0 radical (unpaired) electrons. The zero-order chi connectivity index (χ0) is 45.9. The van der Waals surface area contributed by atoms with Gasteiger partial charge in [-0.1, -0.05) is 69.3 Å². The highest BCUT2D eigenvalue weighted by Gasteiger charge is 2.41. The van der Waals surface area contributed by atoms with Crippen LogP contribution in [0.3, 0.4) is 0 Å². The molecular weight excluding hydrogens is 829 g/mol. The van der Waals surface area contributed by atoms with Gasteiger partial charge in [-0.05, 0) is 71.7 Å². The molecule has 1 saturated heterocycles. The molecule has 6 aromatic rings. The number of carbonyl (C=O) groups excluding carboxylic acids is 4. The Labute approximate surface area is 377 Å². The number of methoxy groups -OCH3 is 3. The summed E-state index contributed by atoms with van der Waals surface area (Å²) in [6.45, 7) is 9.39. The second-order valence-corrected chi connectivity index (χ2v) is 17.3. The molecule has 0 saturated carbocycles. The number of benzene rings is 4. The van der Waals surface area contributed by atoms with Crippen LogP contribution in [0.4, 0.5) is 9.59 Å². The predicted octanol–water partition coefficient (Wildman–Crippen LogP) is 6.78. The van der Waals surface area contributed by atoms with E-state index in [0.29, 0.717) is 43.4 Å². The van der Waals surface area contributed by atoms with Crippen molar-refractivity contribution >= 4 is 45.8 Å². The van der Waals surface area contributed by atoms with Gasteiger partial charge in [0.25, 0.3) is 11.8 Å². The standard InChI is InChI=1S/C49H56N8O8/c1-8-28(4)56(46(58)42(27(2)3)54-48(60)63-6)24-41-50-22-38(51-41)32-14-16-34-33(19-32)26-65-40-21-35-31(20-36(34)40)15-17-37-44(35)53-45(52-37)39-18-29(25-62-5)23-57(39)47(59)43(55-49(61)64-7)30-12-10-9-11-13-30/h9-17,19-22,27-29,39,42-43H,8,18,23-26H2,1-7H3,(H,50,51)(H,52,53)(H,54,60)(H,55,61)/p+1. The number of aromatic amines is 2. The van der Waals surface area contributed by atoms with Crippen LogP contribution in [-0.2, 0) is 37.0 Å². The van der Waals surface area contributed by atoms with Gasteiger partial charge in [-0.3, -0.25) is 9.59 Å². The zero-order valence-electron chi connectivity index (χ0n) is 37.8. The maximum atomic E-state index is 14.4. The van der Waals surface area contributed by atoms with Crippen molar-refractivity contribution in [1.82, 2.24) is 35.1 Å². The molecular formula is C49H57N8O8+. The SMILES string of the molecule is CCC(C)N(Cc1ncc(-c2ccc3c(c2)COc2cc4c(ccc5[nH]c(C6CC(COC)CN6C(=O)C(NC(=O)OC)c6ccccc6)nc54)cc2-3)[nH]1)C(=O)C([NH2+]C(=O)OC)C(C)C. The number of likely N-dealkylation sites (tertiary alicyclic amines) is 1. The number of primary amides is 1. The smallest absolute Gasteiger partial charge is 0.488 e. The molecule has 1 fully saturated rings. The highest BCUT2D eigenvalue weighted by Crippen LogP contribution is 2.44. The Morgan fingerprint density at radius 1 is 0.969 bits per heavy atom. The number of imidazole rings is 2. The monoisotopic (exact) mass is 885 g/mol. The number of hydrogen-bond donors (Lipinski definition) is 4. The number of nitrogens with zero attached hydrogens (tertiary/aromatic N) is 4. The number of quaternary nitrogens is 1. The number of ether oxygens (including phenoxy) is 4. The summed E-state index contributed by atoms with van der Waals surface area (Å²) >= 11 is 0. The number of aromatic nitrogens is 4. The molecule has 5 unspecified atom stereocenters. The van der Waals surface area contributed by atoms with Crippen LogP contribution in [0.15, 0.2) is 79.0 Å². The molecule has 8 rings (SSSR count). The lowest BCUT2D eigenvalue weighted by atomic mass is 9.92. The highest BCUT2D eigenvalue weighted by molar-refractivity contribution is 6.07. The Morgan fingerprint density at radius 3 is 2.49 bits per heavy atom. The average Bonchev–Trinajstić information content (AvgIpc) is 4.09. The Bertz CT molecular complexity index is 2710. The van der Waals surface area contributed by atoms with E-state index >= 15 is 0 Å². The van der Waals surface area contributed by atoms with Crippen molar-refractivity contribution in [2.24, 2.45) is 11.8 Å². The molecule has 2 aliphatic rings. The maximum Gasteiger partial charge on any atom is 0.513 e. The number of amides is 4. The van der Waals surface area contributed by atoms with Crippen LogP contribution in [0.2, 0.25) is 0 Å². The summed E-state index contributed by atoms with van der Waals surface area (Å²) in [7, 11) is 4.24. The minimum absolute atomic E-state index is 0.0578. The fraction of sp³-hybridized carbons (Fsp3) is 0.388. The average molecular weight is 886 g/mol. The minimum Gasteiger partial charge on any atom is -0.488 e. The molecule has 65 heavy (non-hydrogen) atoms. The number of hydrogen-bond acceptors (Lipinski definition) is 10. The number of nitrogens with one attached hydrogen (secondary N) is 3. The van der Waals surface area contributed by atoms with Gasteiger partial charge < -0.3 is 44.0 Å². The van der Waals surface area contributed by atoms with E-state index in [4.69, 9.17) is 23.9 Å². The van der Waals surface area contributed by atoms with E-state index in [1.54, 1.807) is 23.1 Å². The van der Waals surface area contributed by atoms with Crippen molar-refractivity contribution in [3.63, 3.8) is 0 Å². The number of fused-ring (bicyclic) bond motifs is 6. The number of alkyl carbamates (subject to hydrolysis) is 1. The van der Waals surface area contributed by atoms with Crippen molar-refractivity contribution < 1.29 is 43.4 Å². The molecule has 16 heteroatoms. The summed E-state index contributed by atoms with van der Waals surface area (Å²) in [5, 5.41) is 6.02. The second kappa shape index (κ2) is 19.1. The Balaban J connectivity index is 1.05. The molecule has 0 bridgehead atoms. The number of H-pyrrole nitrogens is 2. The largest absolute Gasteiger partial charge is 0.513 e. The molecule has 2 aliphatic heterocycles. The first-order chi connectivity index (χ1) is 31.4. The van der Waals surface area contributed by atoms with E-state index in [0.717, 1.165) is 61.9 Å². The zero-order valence-corrected chi connectivity index (χ0v) is 37.8. The Kier molecular flexibility index (Phi) is 13.2. The van der Waals surface area contributed by atoms with E-state index in [2.05, 4.69) is 50.6 Å². The van der Waals surface area contributed by atoms with Crippen LogP contribution in [-0.4, -0.2) is 100 Å². The molecule has 4 amide bonds. The van der Waals surface area contributed by atoms with Gasteiger partial charge in [0.15, 0.2) is 6.04 Å². The molecule has 340 valence electrons. The first-order valence-corrected chi connectivity index (χ1v) is 22.1. The summed E-state index contributed by atoms with van der Waals surface area (Å²) in [6, 6.07) is 21.6. The molecule has 2 aromatic heterocycles. The molecule has 16 nitrogen and oxygen atoms in total. The lowest BCUT2D eigenvalue weighted by molar-refractivity contribution is -0.601. The van der Waals surface area contributed by atoms with Crippen LogP contribution in [0.5, 0.6) is 5.75 Å². The summed E-state index contributed by atoms with van der Waals surface area (Å²) < 4.78 is 21.7. The number of carbonyl (C=O) groups is 4. The number of rotatable bonds is 14. The molecule has 4 heterocycles. The summed E-state index contributed by atoms with van der Waals surface area (Å²) in [5.74, 6) is 1.59. The van der Waals surface area contributed by atoms with Crippen LogP contribution in [0.25, 0.3) is 44.2 Å². The lowest BCUT2D eigenvalue weighted by Crippen LogP contribution is -2.97. The first kappa shape index (κ1) is 44.8. The lowest BCUT2D eigenvalue weighted by Gasteiger charge is -2.31. The van der Waals surface area contributed by atoms with E-state index in [9.17, 15) is 19.2 Å². The minimum atomic E-state index is -0.956. The van der Waals surface area contributed by atoms with Gasteiger partial charge in [0, 0.05) is 42.5 Å². The molecule has 0 spiro atoms. The van der Waals surface area contributed by atoms with Crippen molar-refractivity contribution in [1.29, 1.82) is 0 Å². The van der Waals surface area contributed by atoms with Gasteiger partial charge in [-0.2, -0.15) is 4.79 Å². The van der Waals surface area contributed by atoms with Crippen molar-refractivity contribution in [3.05, 3.63) is 102 Å². The maximum absolute atomic E-state index is 14.4. The van der Waals surface area contributed by atoms with Crippen molar-refractivity contribution in [3.8, 4) is 28.1 Å². The fourth-order valence-electron chi connectivity index (χ4n) is 9.07. The Morgan fingerprint density at radius 2 is 1.77 bits per heavy atom. The van der Waals surface area contributed by atoms with E-state index in [-0.39, 0.29) is 36.2 Å². The summed E-state index contributed by atoms with van der Waals surface area (Å²) in [5.41, 5.74) is 7.05. The fourth-order valence-corrected chi connectivity index (χ4v) is 9.07. The van der Waals surface area contributed by atoms with Gasteiger partial charge in [0.05, 0.1) is 56.3 Å². The summed E-state index contributed by atoms with van der Waals surface area (Å²) in [4.78, 5) is 73.2. The Hall–Kier alpha value is -6.78. The van der Waals surface area contributed by atoms with Crippen LogP contribution < -0.4 is 15.4 Å². The normalized spacial score (nSPS) is 17.0. The van der Waals surface area contributed by atoms with E-state index in [1.165, 1.54) is 19.5 Å². The molecule has 4 aromatic carbocycles. The van der Waals surface area contributed by atoms with Crippen molar-refractivity contribution in [2.75, 3.05) is 34.5 Å². The van der Waals surface area contributed by atoms with Gasteiger partial charge in [0.2, 0.25) is 0 Å². The topological polar surface area (TPSA) is 198 Å². The third-order valence-electron chi connectivity index (χ3n) is 12.8. The third kappa shape index (κ3) is 9.13. The predicted molar refractivity (Wildman–Crippen MR) is 243 cm³/mol. The third-order valence-corrected chi connectivity index (χ3v) is 12.8. The quantitative estimate of drug-likeness (QED) is 0.0905. The van der Waals surface area contributed by atoms with Crippen LogP contribution >= 0.6 is 0 Å². The molecule has 0 aliphatic carbocycles.